The highest BCUT2D eigenvalue weighted by Gasteiger charge is 2.14. The van der Waals surface area contributed by atoms with E-state index in [4.69, 9.17) is 19.9 Å². The molecular weight excluding hydrogens is 268 g/mol. The van der Waals surface area contributed by atoms with Crippen molar-refractivity contribution in [2.24, 2.45) is 5.73 Å². The first-order valence-corrected chi connectivity index (χ1v) is 6.94. The Morgan fingerprint density at radius 1 is 1.19 bits per heavy atom. The number of hydrogen-bond acceptors (Lipinski definition) is 5. The smallest absolute Gasteiger partial charge is 0.231 e. The van der Waals surface area contributed by atoms with Crippen LogP contribution in [0, 0.1) is 0 Å². The minimum atomic E-state index is 0.247. The summed E-state index contributed by atoms with van der Waals surface area (Å²) >= 11 is 0. The van der Waals surface area contributed by atoms with Crippen LogP contribution in [0.4, 0.5) is 0 Å². The van der Waals surface area contributed by atoms with Crippen LogP contribution in [0.3, 0.4) is 0 Å². The molecule has 0 saturated carbocycles. The highest BCUT2D eigenvalue weighted by atomic mass is 16.7. The summed E-state index contributed by atoms with van der Waals surface area (Å²) in [5.74, 6) is 2.94. The number of hydrogen-bond donors (Lipinski definition) is 1. The molecule has 0 radical (unpaired) electrons. The van der Waals surface area contributed by atoms with E-state index in [2.05, 4.69) is 18.8 Å². The van der Waals surface area contributed by atoms with Crippen LogP contribution in [-0.4, -0.2) is 11.8 Å². The molecule has 0 amide bonds. The second kappa shape index (κ2) is 5.61. The standard InChI is InChI=1S/C16H18N2O3/c1-10(2)13-5-11(8-17)6-16(18-13)21-12-3-4-14-15(7-12)20-9-19-14/h3-7,10H,8-9,17H2,1-2H3. The van der Waals surface area contributed by atoms with Gasteiger partial charge in [0.05, 0.1) is 0 Å². The molecule has 0 spiro atoms. The quantitative estimate of drug-likeness (QED) is 0.935. The molecule has 2 N–H and O–H groups in total. The number of rotatable bonds is 4. The van der Waals surface area contributed by atoms with Crippen molar-refractivity contribution in [3.63, 3.8) is 0 Å². The highest BCUT2D eigenvalue weighted by molar-refractivity contribution is 5.47. The van der Waals surface area contributed by atoms with E-state index in [-0.39, 0.29) is 6.79 Å². The Hall–Kier alpha value is -2.27. The maximum atomic E-state index is 5.83. The lowest BCUT2D eigenvalue weighted by Gasteiger charge is -2.11. The van der Waals surface area contributed by atoms with Gasteiger partial charge < -0.3 is 19.9 Å². The first kappa shape index (κ1) is 13.7. The zero-order valence-electron chi connectivity index (χ0n) is 12.1. The molecule has 0 saturated heterocycles. The maximum absolute atomic E-state index is 5.83. The van der Waals surface area contributed by atoms with Gasteiger partial charge in [-0.3, -0.25) is 0 Å². The molecule has 0 unspecified atom stereocenters. The summed E-state index contributed by atoms with van der Waals surface area (Å²) in [4.78, 5) is 4.52. The summed E-state index contributed by atoms with van der Waals surface area (Å²) in [6.07, 6.45) is 0. The molecule has 1 aliphatic rings. The van der Waals surface area contributed by atoms with Crippen LogP contribution in [0.1, 0.15) is 31.0 Å². The van der Waals surface area contributed by atoms with E-state index < -0.39 is 0 Å². The Labute approximate surface area is 123 Å². The molecule has 1 aromatic heterocycles. The minimum Gasteiger partial charge on any atom is -0.454 e. The average Bonchev–Trinajstić information content (AvgIpc) is 2.94. The van der Waals surface area contributed by atoms with Gasteiger partial charge in [0, 0.05) is 24.4 Å². The van der Waals surface area contributed by atoms with Crippen molar-refractivity contribution in [2.75, 3.05) is 6.79 Å². The molecule has 0 bridgehead atoms. The number of pyridine rings is 1. The fraction of sp³-hybridized carbons (Fsp3) is 0.312. The molecule has 110 valence electrons. The molecule has 1 aliphatic heterocycles. The minimum absolute atomic E-state index is 0.247. The summed E-state index contributed by atoms with van der Waals surface area (Å²) in [6.45, 7) is 4.89. The van der Waals surface area contributed by atoms with E-state index in [0.717, 1.165) is 17.0 Å². The summed E-state index contributed by atoms with van der Waals surface area (Å²) in [5, 5.41) is 0. The number of fused-ring (bicyclic) bond motifs is 1. The third-order valence-corrected chi connectivity index (χ3v) is 3.28. The second-order valence-corrected chi connectivity index (χ2v) is 5.21. The Bertz CT molecular complexity index is 656. The van der Waals surface area contributed by atoms with Crippen LogP contribution in [0.15, 0.2) is 30.3 Å². The molecule has 1 aromatic carbocycles. The van der Waals surface area contributed by atoms with E-state index in [1.807, 2.05) is 24.3 Å². The second-order valence-electron chi connectivity index (χ2n) is 5.21. The van der Waals surface area contributed by atoms with E-state index in [0.29, 0.717) is 29.8 Å². The van der Waals surface area contributed by atoms with Crippen molar-refractivity contribution in [1.82, 2.24) is 4.98 Å². The van der Waals surface area contributed by atoms with Gasteiger partial charge in [-0.15, -0.1) is 0 Å². The third-order valence-electron chi connectivity index (χ3n) is 3.28. The Kier molecular flexibility index (Phi) is 3.66. The van der Waals surface area contributed by atoms with Gasteiger partial charge in [-0.2, -0.15) is 0 Å². The van der Waals surface area contributed by atoms with Gasteiger partial charge in [-0.05, 0) is 29.7 Å². The normalized spacial score (nSPS) is 12.8. The SMILES string of the molecule is CC(C)c1cc(CN)cc(Oc2ccc3c(c2)OCO3)n1. The lowest BCUT2D eigenvalue weighted by atomic mass is 10.1. The van der Waals surface area contributed by atoms with Gasteiger partial charge in [0.25, 0.3) is 0 Å². The number of benzene rings is 1. The Morgan fingerprint density at radius 3 is 2.76 bits per heavy atom. The van der Waals surface area contributed by atoms with Crippen molar-refractivity contribution in [3.8, 4) is 23.1 Å². The predicted octanol–water partition coefficient (Wildman–Crippen LogP) is 3.18. The van der Waals surface area contributed by atoms with Gasteiger partial charge in [0.15, 0.2) is 11.5 Å². The van der Waals surface area contributed by atoms with Crippen LogP contribution in [0.2, 0.25) is 0 Å². The average molecular weight is 286 g/mol. The molecule has 0 aliphatic carbocycles. The van der Waals surface area contributed by atoms with Gasteiger partial charge in [0.2, 0.25) is 12.7 Å². The zero-order chi connectivity index (χ0) is 14.8. The van der Waals surface area contributed by atoms with E-state index in [1.165, 1.54) is 0 Å². The van der Waals surface area contributed by atoms with Gasteiger partial charge >= 0.3 is 0 Å². The van der Waals surface area contributed by atoms with E-state index in [1.54, 1.807) is 6.07 Å². The van der Waals surface area contributed by atoms with Crippen LogP contribution >= 0.6 is 0 Å². The molecule has 3 rings (SSSR count). The lowest BCUT2D eigenvalue weighted by Crippen LogP contribution is -2.02. The fourth-order valence-electron chi connectivity index (χ4n) is 2.11. The molecular formula is C16H18N2O3. The van der Waals surface area contributed by atoms with Crippen molar-refractivity contribution in [3.05, 3.63) is 41.6 Å². The molecule has 5 heteroatoms. The number of aromatic nitrogens is 1. The predicted molar refractivity (Wildman–Crippen MR) is 78.9 cm³/mol. The zero-order valence-corrected chi connectivity index (χ0v) is 12.1. The Balaban J connectivity index is 1.88. The fourth-order valence-corrected chi connectivity index (χ4v) is 2.11. The number of nitrogens with zero attached hydrogens (tertiary/aromatic N) is 1. The van der Waals surface area contributed by atoms with E-state index in [9.17, 15) is 0 Å². The van der Waals surface area contributed by atoms with E-state index >= 15 is 0 Å². The first-order valence-electron chi connectivity index (χ1n) is 6.94. The molecule has 2 aromatic rings. The van der Waals surface area contributed by atoms with Crippen molar-refractivity contribution in [1.29, 1.82) is 0 Å². The molecule has 0 atom stereocenters. The van der Waals surface area contributed by atoms with Crippen LogP contribution < -0.4 is 19.9 Å². The summed E-state index contributed by atoms with van der Waals surface area (Å²) in [7, 11) is 0. The van der Waals surface area contributed by atoms with Gasteiger partial charge in [0.1, 0.15) is 5.75 Å². The van der Waals surface area contributed by atoms with Crippen LogP contribution in [-0.2, 0) is 6.54 Å². The summed E-state index contributed by atoms with van der Waals surface area (Å²) in [5.41, 5.74) is 7.71. The molecule has 5 nitrogen and oxygen atoms in total. The first-order chi connectivity index (χ1) is 10.2. The van der Waals surface area contributed by atoms with Crippen LogP contribution in [0.25, 0.3) is 0 Å². The molecule has 0 fully saturated rings. The Morgan fingerprint density at radius 2 is 2.00 bits per heavy atom. The largest absolute Gasteiger partial charge is 0.454 e. The molecule has 21 heavy (non-hydrogen) atoms. The monoisotopic (exact) mass is 286 g/mol. The molecule has 2 heterocycles. The van der Waals surface area contributed by atoms with Crippen molar-refractivity contribution < 1.29 is 14.2 Å². The number of nitrogens with two attached hydrogens (primary N) is 1. The van der Waals surface area contributed by atoms with Gasteiger partial charge in [-0.1, -0.05) is 13.8 Å². The maximum Gasteiger partial charge on any atom is 0.231 e. The van der Waals surface area contributed by atoms with Gasteiger partial charge in [-0.25, -0.2) is 4.98 Å². The van der Waals surface area contributed by atoms with Crippen LogP contribution in [0.5, 0.6) is 23.1 Å². The number of ether oxygens (including phenoxy) is 3. The van der Waals surface area contributed by atoms with Crippen molar-refractivity contribution >= 4 is 0 Å². The lowest BCUT2D eigenvalue weighted by molar-refractivity contribution is 0.174. The van der Waals surface area contributed by atoms with Crippen molar-refractivity contribution in [2.45, 2.75) is 26.3 Å². The summed E-state index contributed by atoms with van der Waals surface area (Å²) in [6, 6.07) is 9.33. The summed E-state index contributed by atoms with van der Waals surface area (Å²) < 4.78 is 16.5. The third kappa shape index (κ3) is 2.92. The topological polar surface area (TPSA) is 66.6 Å². The highest BCUT2D eigenvalue weighted by Crippen LogP contribution is 2.36.